The van der Waals surface area contributed by atoms with E-state index in [4.69, 9.17) is 10.5 Å². The zero-order valence-electron chi connectivity index (χ0n) is 13.7. The Morgan fingerprint density at radius 3 is 2.59 bits per heavy atom. The van der Waals surface area contributed by atoms with Gasteiger partial charge in [0.05, 0.1) is 19.8 Å². The highest BCUT2D eigenvalue weighted by Crippen LogP contribution is 2.14. The SMILES string of the molecule is CC(C)CC(CN=C(N)Nc1ccccc1)N1CCOCC1. The van der Waals surface area contributed by atoms with E-state index in [1.54, 1.807) is 0 Å². The van der Waals surface area contributed by atoms with Gasteiger partial charge in [-0.05, 0) is 24.5 Å². The molecular weight excluding hydrogens is 276 g/mol. The van der Waals surface area contributed by atoms with Crippen molar-refractivity contribution in [2.24, 2.45) is 16.6 Å². The van der Waals surface area contributed by atoms with Gasteiger partial charge in [0.15, 0.2) is 5.96 Å². The van der Waals surface area contributed by atoms with E-state index in [2.05, 4.69) is 29.1 Å². The lowest BCUT2D eigenvalue weighted by Crippen LogP contribution is -2.45. The van der Waals surface area contributed by atoms with E-state index in [1.807, 2.05) is 30.3 Å². The number of ether oxygens (including phenoxy) is 1. The number of nitrogens with two attached hydrogens (primary N) is 1. The molecule has 0 aliphatic carbocycles. The van der Waals surface area contributed by atoms with Crippen LogP contribution in [-0.2, 0) is 4.74 Å². The summed E-state index contributed by atoms with van der Waals surface area (Å²) in [6.07, 6.45) is 1.13. The Bertz CT molecular complexity index is 455. The van der Waals surface area contributed by atoms with Gasteiger partial charge in [-0.3, -0.25) is 9.89 Å². The van der Waals surface area contributed by atoms with Gasteiger partial charge in [0.1, 0.15) is 0 Å². The number of nitrogens with zero attached hydrogens (tertiary/aromatic N) is 2. The van der Waals surface area contributed by atoms with Crippen LogP contribution in [0.5, 0.6) is 0 Å². The van der Waals surface area contributed by atoms with Crippen molar-refractivity contribution in [1.82, 2.24) is 4.90 Å². The molecule has 1 aliphatic heterocycles. The van der Waals surface area contributed by atoms with Crippen LogP contribution >= 0.6 is 0 Å². The molecule has 1 aromatic carbocycles. The van der Waals surface area contributed by atoms with Crippen molar-refractivity contribution in [3.05, 3.63) is 30.3 Å². The molecule has 1 atom stereocenters. The summed E-state index contributed by atoms with van der Waals surface area (Å²) in [5.74, 6) is 1.12. The summed E-state index contributed by atoms with van der Waals surface area (Å²) in [4.78, 5) is 7.02. The minimum absolute atomic E-state index is 0.431. The maximum atomic E-state index is 6.01. The summed E-state index contributed by atoms with van der Waals surface area (Å²) in [5.41, 5.74) is 6.98. The van der Waals surface area contributed by atoms with Crippen LogP contribution in [0.4, 0.5) is 5.69 Å². The topological polar surface area (TPSA) is 62.9 Å². The quantitative estimate of drug-likeness (QED) is 0.624. The normalized spacial score (nSPS) is 18.4. The van der Waals surface area contributed by atoms with Crippen LogP contribution in [0.1, 0.15) is 20.3 Å². The van der Waals surface area contributed by atoms with Crippen molar-refractivity contribution in [3.63, 3.8) is 0 Å². The molecule has 0 aromatic heterocycles. The van der Waals surface area contributed by atoms with Crippen LogP contribution in [0.15, 0.2) is 35.3 Å². The van der Waals surface area contributed by atoms with E-state index < -0.39 is 0 Å². The number of nitrogens with one attached hydrogen (secondary N) is 1. The Balaban J connectivity index is 1.92. The number of morpholine rings is 1. The monoisotopic (exact) mass is 304 g/mol. The molecule has 1 fully saturated rings. The molecule has 0 bridgehead atoms. The van der Waals surface area contributed by atoms with Crippen LogP contribution in [0, 0.1) is 5.92 Å². The molecule has 0 radical (unpaired) electrons. The van der Waals surface area contributed by atoms with Gasteiger partial charge in [0.25, 0.3) is 0 Å². The van der Waals surface area contributed by atoms with E-state index in [0.29, 0.717) is 17.9 Å². The van der Waals surface area contributed by atoms with E-state index in [-0.39, 0.29) is 0 Å². The molecule has 1 saturated heterocycles. The van der Waals surface area contributed by atoms with Gasteiger partial charge >= 0.3 is 0 Å². The Morgan fingerprint density at radius 1 is 1.27 bits per heavy atom. The number of hydrogen-bond acceptors (Lipinski definition) is 3. The van der Waals surface area contributed by atoms with Crippen molar-refractivity contribution in [3.8, 4) is 0 Å². The molecule has 1 unspecified atom stereocenters. The average molecular weight is 304 g/mol. The first-order valence-electron chi connectivity index (χ1n) is 8.09. The highest BCUT2D eigenvalue weighted by molar-refractivity contribution is 5.92. The van der Waals surface area contributed by atoms with Crippen molar-refractivity contribution < 1.29 is 4.74 Å². The second kappa shape index (κ2) is 8.76. The third-order valence-electron chi connectivity index (χ3n) is 3.82. The van der Waals surface area contributed by atoms with Gasteiger partial charge in [-0.25, -0.2) is 0 Å². The first-order chi connectivity index (χ1) is 10.6. The van der Waals surface area contributed by atoms with E-state index >= 15 is 0 Å². The molecule has 0 spiro atoms. The van der Waals surface area contributed by atoms with Gasteiger partial charge < -0.3 is 15.8 Å². The fraction of sp³-hybridized carbons (Fsp3) is 0.588. The Labute approximate surface area is 133 Å². The minimum Gasteiger partial charge on any atom is -0.379 e. The average Bonchev–Trinajstić information content (AvgIpc) is 2.53. The first kappa shape index (κ1) is 16.8. The van der Waals surface area contributed by atoms with E-state index in [0.717, 1.165) is 45.0 Å². The summed E-state index contributed by atoms with van der Waals surface area (Å²) in [6.45, 7) is 8.83. The van der Waals surface area contributed by atoms with Gasteiger partial charge in [-0.15, -0.1) is 0 Å². The zero-order valence-corrected chi connectivity index (χ0v) is 13.7. The predicted molar refractivity (Wildman–Crippen MR) is 92.2 cm³/mol. The molecule has 22 heavy (non-hydrogen) atoms. The summed E-state index contributed by atoms with van der Waals surface area (Å²) in [6, 6.07) is 10.3. The maximum absolute atomic E-state index is 6.01. The Hall–Kier alpha value is -1.59. The molecular formula is C17H28N4O. The lowest BCUT2D eigenvalue weighted by atomic mass is 10.0. The number of rotatable bonds is 6. The lowest BCUT2D eigenvalue weighted by Gasteiger charge is -2.34. The molecule has 5 heteroatoms. The number of hydrogen-bond donors (Lipinski definition) is 2. The smallest absolute Gasteiger partial charge is 0.193 e. The first-order valence-corrected chi connectivity index (χ1v) is 8.09. The number of aliphatic imine (C=N–C) groups is 1. The van der Waals surface area contributed by atoms with Crippen molar-refractivity contribution in [2.45, 2.75) is 26.3 Å². The van der Waals surface area contributed by atoms with Crippen LogP contribution in [0.2, 0.25) is 0 Å². The highest BCUT2D eigenvalue weighted by Gasteiger charge is 2.21. The second-order valence-corrected chi connectivity index (χ2v) is 6.15. The summed E-state index contributed by atoms with van der Waals surface area (Å²) < 4.78 is 5.44. The van der Waals surface area contributed by atoms with Crippen LogP contribution in [0.25, 0.3) is 0 Å². The van der Waals surface area contributed by atoms with Gasteiger partial charge in [-0.2, -0.15) is 0 Å². The van der Waals surface area contributed by atoms with Crippen LogP contribution < -0.4 is 11.1 Å². The van der Waals surface area contributed by atoms with Crippen LogP contribution in [0.3, 0.4) is 0 Å². The fourth-order valence-corrected chi connectivity index (χ4v) is 2.74. The molecule has 1 aromatic rings. The van der Waals surface area contributed by atoms with E-state index in [1.165, 1.54) is 0 Å². The number of guanidine groups is 1. The fourth-order valence-electron chi connectivity index (χ4n) is 2.74. The molecule has 0 saturated carbocycles. The molecule has 2 rings (SSSR count). The Kier molecular flexibility index (Phi) is 6.68. The highest BCUT2D eigenvalue weighted by atomic mass is 16.5. The zero-order chi connectivity index (χ0) is 15.8. The molecule has 3 N–H and O–H groups in total. The minimum atomic E-state index is 0.431. The van der Waals surface area contributed by atoms with Gasteiger partial charge in [0.2, 0.25) is 0 Å². The van der Waals surface area contributed by atoms with Gasteiger partial charge in [-0.1, -0.05) is 32.0 Å². The third-order valence-corrected chi connectivity index (χ3v) is 3.82. The summed E-state index contributed by atoms with van der Waals surface area (Å²) >= 11 is 0. The summed E-state index contributed by atoms with van der Waals surface area (Å²) in [5, 5.41) is 3.14. The second-order valence-electron chi connectivity index (χ2n) is 6.15. The maximum Gasteiger partial charge on any atom is 0.193 e. The van der Waals surface area contributed by atoms with Crippen molar-refractivity contribution >= 4 is 11.6 Å². The Morgan fingerprint density at radius 2 is 1.95 bits per heavy atom. The molecule has 1 aliphatic rings. The van der Waals surface area contributed by atoms with Crippen LogP contribution in [-0.4, -0.2) is 49.7 Å². The number of para-hydroxylation sites is 1. The lowest BCUT2D eigenvalue weighted by molar-refractivity contribution is 0.0143. The third kappa shape index (κ3) is 5.66. The molecule has 0 amide bonds. The molecule has 1 heterocycles. The largest absolute Gasteiger partial charge is 0.379 e. The number of anilines is 1. The summed E-state index contributed by atoms with van der Waals surface area (Å²) in [7, 11) is 0. The van der Waals surface area contributed by atoms with Gasteiger partial charge in [0, 0.05) is 24.8 Å². The van der Waals surface area contributed by atoms with Crippen molar-refractivity contribution in [1.29, 1.82) is 0 Å². The van der Waals surface area contributed by atoms with E-state index in [9.17, 15) is 0 Å². The predicted octanol–water partition coefficient (Wildman–Crippen LogP) is 2.16. The molecule has 5 nitrogen and oxygen atoms in total. The molecule has 122 valence electrons. The standard InChI is InChI=1S/C17H28N4O/c1-14(2)12-16(21-8-10-22-11-9-21)13-19-17(18)20-15-6-4-3-5-7-15/h3-7,14,16H,8-13H2,1-2H3,(H3,18,19,20). The van der Waals surface area contributed by atoms with Crippen molar-refractivity contribution in [2.75, 3.05) is 38.2 Å². The number of benzene rings is 1.